The van der Waals surface area contributed by atoms with Crippen LogP contribution in [-0.4, -0.2) is 7.11 Å². The predicted octanol–water partition coefficient (Wildman–Crippen LogP) is 13.9. The van der Waals surface area contributed by atoms with Gasteiger partial charge in [0.1, 0.15) is 5.75 Å². The molecule has 0 saturated carbocycles. The Balaban J connectivity index is 1.35. The van der Waals surface area contributed by atoms with Crippen molar-refractivity contribution in [1.29, 1.82) is 0 Å². The second-order valence-corrected chi connectivity index (χ2v) is 13.8. The lowest BCUT2D eigenvalue weighted by atomic mass is 9.83. The number of rotatable bonds is 5. The van der Waals surface area contributed by atoms with Gasteiger partial charge >= 0.3 is 0 Å². The van der Waals surface area contributed by atoms with Crippen molar-refractivity contribution in [1.82, 2.24) is 0 Å². The van der Waals surface area contributed by atoms with Gasteiger partial charge in [0.15, 0.2) is 0 Å². The zero-order valence-corrected chi connectivity index (χ0v) is 29.4. The molecule has 0 bridgehead atoms. The molecule has 0 aromatic heterocycles. The third-order valence-corrected chi connectivity index (χ3v) is 10.7. The van der Waals surface area contributed by atoms with Gasteiger partial charge in [0.2, 0.25) is 0 Å². The Hall–Kier alpha value is -6.18. The number of hydrogen-bond acceptors (Lipinski definition) is 1. The van der Waals surface area contributed by atoms with Crippen LogP contribution in [0.4, 0.5) is 0 Å². The molecule has 0 atom stereocenters. The first-order valence-corrected chi connectivity index (χ1v) is 17.7. The van der Waals surface area contributed by atoms with Crippen molar-refractivity contribution >= 4 is 43.1 Å². The monoisotopic (exact) mass is 654 g/mol. The molecule has 9 aromatic rings. The summed E-state index contributed by atoms with van der Waals surface area (Å²) < 4.78 is 5.53. The van der Waals surface area contributed by atoms with Crippen LogP contribution in [0.25, 0.3) is 87.6 Å². The highest BCUT2D eigenvalue weighted by Gasteiger charge is 2.19. The van der Waals surface area contributed by atoms with E-state index in [1.54, 1.807) is 7.11 Å². The van der Waals surface area contributed by atoms with E-state index in [0.717, 1.165) is 5.75 Å². The molecule has 0 aliphatic carbocycles. The molecule has 0 aliphatic rings. The van der Waals surface area contributed by atoms with Crippen LogP contribution >= 0.6 is 0 Å². The first-order valence-electron chi connectivity index (χ1n) is 17.7. The molecular weight excluding hydrogens is 617 g/mol. The molecule has 0 unspecified atom stereocenters. The molecule has 0 heterocycles. The molecule has 0 radical (unpaired) electrons. The van der Waals surface area contributed by atoms with Crippen LogP contribution in [-0.2, 0) is 0 Å². The second-order valence-electron chi connectivity index (χ2n) is 13.8. The van der Waals surface area contributed by atoms with Crippen molar-refractivity contribution in [3.8, 4) is 50.3 Å². The number of aryl methyl sites for hydroxylation is 2. The minimum atomic E-state index is 0.871. The van der Waals surface area contributed by atoms with E-state index in [9.17, 15) is 0 Å². The summed E-state index contributed by atoms with van der Waals surface area (Å²) in [6, 6.07) is 58.3. The zero-order valence-electron chi connectivity index (χ0n) is 29.4. The van der Waals surface area contributed by atoms with Crippen LogP contribution in [0.3, 0.4) is 0 Å². The Morgan fingerprint density at radius 3 is 1.65 bits per heavy atom. The van der Waals surface area contributed by atoms with E-state index in [0.29, 0.717) is 0 Å². The number of fused-ring (bicyclic) bond motifs is 4. The minimum Gasteiger partial charge on any atom is -0.497 e. The van der Waals surface area contributed by atoms with Gasteiger partial charge in [-0.05, 0) is 150 Å². The third-order valence-electron chi connectivity index (χ3n) is 10.7. The Morgan fingerprint density at radius 2 is 0.922 bits per heavy atom. The van der Waals surface area contributed by atoms with E-state index in [1.807, 2.05) is 6.07 Å². The molecule has 9 rings (SSSR count). The first kappa shape index (κ1) is 30.8. The predicted molar refractivity (Wildman–Crippen MR) is 219 cm³/mol. The van der Waals surface area contributed by atoms with Gasteiger partial charge in [-0.3, -0.25) is 0 Å². The maximum Gasteiger partial charge on any atom is 0.119 e. The van der Waals surface area contributed by atoms with Crippen molar-refractivity contribution < 1.29 is 4.74 Å². The maximum absolute atomic E-state index is 5.53. The van der Waals surface area contributed by atoms with Gasteiger partial charge in [-0.15, -0.1) is 0 Å². The van der Waals surface area contributed by atoms with Crippen LogP contribution in [0, 0.1) is 20.8 Å². The van der Waals surface area contributed by atoms with Crippen LogP contribution in [0.2, 0.25) is 0 Å². The van der Waals surface area contributed by atoms with Gasteiger partial charge < -0.3 is 4.74 Å². The summed E-state index contributed by atoms with van der Waals surface area (Å²) in [6.07, 6.45) is 0. The Bertz CT molecular complexity index is 2820. The molecule has 0 spiro atoms. The Labute approximate surface area is 299 Å². The van der Waals surface area contributed by atoms with E-state index in [2.05, 4.69) is 172 Å². The van der Waals surface area contributed by atoms with Gasteiger partial charge in [-0.1, -0.05) is 133 Å². The maximum atomic E-state index is 5.53. The first-order chi connectivity index (χ1) is 25.0. The summed E-state index contributed by atoms with van der Waals surface area (Å²) in [5.74, 6) is 0.871. The molecular formula is C50H38O. The van der Waals surface area contributed by atoms with Crippen molar-refractivity contribution in [2.24, 2.45) is 0 Å². The highest BCUT2D eigenvalue weighted by molar-refractivity contribution is 6.22. The van der Waals surface area contributed by atoms with Crippen LogP contribution in [0.1, 0.15) is 16.7 Å². The molecule has 0 N–H and O–H groups in total. The minimum absolute atomic E-state index is 0.871. The molecule has 1 nitrogen and oxygen atoms in total. The summed E-state index contributed by atoms with van der Waals surface area (Å²) in [5, 5.41) is 9.88. The topological polar surface area (TPSA) is 9.23 Å². The van der Waals surface area contributed by atoms with E-state index in [4.69, 9.17) is 4.74 Å². The molecule has 0 fully saturated rings. The van der Waals surface area contributed by atoms with E-state index >= 15 is 0 Å². The highest BCUT2D eigenvalue weighted by Crippen LogP contribution is 2.46. The van der Waals surface area contributed by atoms with Crippen LogP contribution < -0.4 is 4.74 Å². The van der Waals surface area contributed by atoms with E-state index in [-0.39, 0.29) is 0 Å². The van der Waals surface area contributed by atoms with Crippen LogP contribution in [0.5, 0.6) is 5.75 Å². The van der Waals surface area contributed by atoms with Gasteiger partial charge in [0, 0.05) is 0 Å². The fourth-order valence-corrected chi connectivity index (χ4v) is 8.11. The Morgan fingerprint density at radius 1 is 0.373 bits per heavy atom. The smallest absolute Gasteiger partial charge is 0.119 e. The van der Waals surface area contributed by atoms with Crippen molar-refractivity contribution in [2.75, 3.05) is 7.11 Å². The molecule has 51 heavy (non-hydrogen) atoms. The zero-order chi connectivity index (χ0) is 34.6. The largest absolute Gasteiger partial charge is 0.497 e. The van der Waals surface area contributed by atoms with Gasteiger partial charge in [0.05, 0.1) is 7.11 Å². The normalized spacial score (nSPS) is 11.5. The summed E-state index contributed by atoms with van der Waals surface area (Å²) >= 11 is 0. The lowest BCUT2D eigenvalue weighted by Gasteiger charge is -2.20. The Kier molecular flexibility index (Phi) is 7.44. The lowest BCUT2D eigenvalue weighted by Crippen LogP contribution is -1.94. The molecule has 9 aromatic carbocycles. The van der Waals surface area contributed by atoms with Crippen molar-refractivity contribution in [2.45, 2.75) is 20.8 Å². The molecule has 0 saturated heterocycles. The van der Waals surface area contributed by atoms with Crippen molar-refractivity contribution in [3.05, 3.63) is 174 Å². The summed E-state index contributed by atoms with van der Waals surface area (Å²) in [4.78, 5) is 0. The van der Waals surface area contributed by atoms with Crippen LogP contribution in [0.15, 0.2) is 158 Å². The second kappa shape index (κ2) is 12.3. The van der Waals surface area contributed by atoms with Gasteiger partial charge in [0.25, 0.3) is 0 Å². The standard InChI is InChI=1S/C50H38O/c1-31-16-17-35-27-40(20-18-34(35)26-31)50-46-13-8-7-12-45(46)49(39-21-19-37-29-41(51-4)24-22-36(37)28-39)47-25-23-38(30-48(47)50)43-14-9-15-44(33(43)3)42-11-6-5-10-32(42)2/h5-30H,1-4H3. The lowest BCUT2D eigenvalue weighted by molar-refractivity contribution is 0.415. The van der Waals surface area contributed by atoms with Gasteiger partial charge in [-0.25, -0.2) is 0 Å². The molecule has 0 aliphatic heterocycles. The quantitative estimate of drug-likeness (QED) is 0.168. The fourth-order valence-electron chi connectivity index (χ4n) is 8.11. The fraction of sp³-hybridized carbons (Fsp3) is 0.0800. The molecule has 1 heteroatoms. The van der Waals surface area contributed by atoms with E-state index in [1.165, 1.54) is 104 Å². The summed E-state index contributed by atoms with van der Waals surface area (Å²) in [7, 11) is 1.72. The molecule has 0 amide bonds. The average molecular weight is 655 g/mol. The SMILES string of the molecule is COc1ccc2cc(-c3c4ccccc4c(-c4ccc5cc(C)ccc5c4)c4cc(-c5cccc(-c6ccccc6C)c5C)ccc34)ccc2c1. The van der Waals surface area contributed by atoms with Gasteiger partial charge in [-0.2, -0.15) is 0 Å². The highest BCUT2D eigenvalue weighted by atomic mass is 16.5. The number of ether oxygens (including phenoxy) is 1. The number of hydrogen-bond donors (Lipinski definition) is 0. The third kappa shape index (κ3) is 5.25. The number of benzene rings is 9. The van der Waals surface area contributed by atoms with Crippen molar-refractivity contribution in [3.63, 3.8) is 0 Å². The summed E-state index contributed by atoms with van der Waals surface area (Å²) in [6.45, 7) is 6.63. The summed E-state index contributed by atoms with van der Waals surface area (Å²) in [5.41, 5.74) is 13.9. The van der Waals surface area contributed by atoms with E-state index < -0.39 is 0 Å². The average Bonchev–Trinajstić information content (AvgIpc) is 3.16. The molecule has 244 valence electrons. The number of methoxy groups -OCH3 is 1.